The van der Waals surface area contributed by atoms with E-state index in [1.165, 1.54) is 27.8 Å². The van der Waals surface area contributed by atoms with Crippen LogP contribution >= 0.6 is 0 Å². The van der Waals surface area contributed by atoms with Crippen molar-refractivity contribution in [2.24, 2.45) is 0 Å². The van der Waals surface area contributed by atoms with Crippen molar-refractivity contribution in [1.29, 1.82) is 0 Å². The Morgan fingerprint density at radius 3 is 2.06 bits per heavy atom. The van der Waals surface area contributed by atoms with Gasteiger partial charge in [-0.05, 0) is 38.8 Å². The molecule has 0 aliphatic heterocycles. The number of rotatable bonds is 5. The Morgan fingerprint density at radius 2 is 1.48 bits per heavy atom. The summed E-state index contributed by atoms with van der Waals surface area (Å²) in [5.41, 5.74) is 7.46. The Bertz CT molecular complexity index is 1040. The van der Waals surface area contributed by atoms with E-state index in [4.69, 9.17) is 4.74 Å². The van der Waals surface area contributed by atoms with Gasteiger partial charge in [-0.15, -0.1) is 0 Å². The Hall–Kier alpha value is -3.33. The number of benzene rings is 3. The number of ether oxygens (including phenoxy) is 1. The largest absolute Gasteiger partial charge is 0.449 e. The molecule has 3 nitrogen and oxygen atoms in total. The molecule has 3 aromatic carbocycles. The van der Waals surface area contributed by atoms with Crippen molar-refractivity contribution in [3.63, 3.8) is 0 Å². The minimum atomic E-state index is -0.394. The number of nitrogens with one attached hydrogen (secondary N) is 1. The molecule has 3 heteroatoms. The molecule has 3 aromatic rings. The standard InChI is InChI=1S/C28H29NO2/c1-28(2,3)21-16-14-20(15-17-21)9-8-18-29-27(30)31-19-26-24-12-6-4-10-22(24)23-11-5-7-13-25(23)26/h4-17,26H,18-19H2,1-3H3,(H,29,30). The van der Waals surface area contributed by atoms with Gasteiger partial charge in [0.1, 0.15) is 6.61 Å². The van der Waals surface area contributed by atoms with E-state index in [0.717, 1.165) is 5.56 Å². The van der Waals surface area contributed by atoms with Gasteiger partial charge in [0.15, 0.2) is 0 Å². The summed E-state index contributed by atoms with van der Waals surface area (Å²) in [6.45, 7) is 7.37. The fraction of sp³-hybridized carbons (Fsp3) is 0.250. The van der Waals surface area contributed by atoms with E-state index in [-0.39, 0.29) is 11.3 Å². The van der Waals surface area contributed by atoms with Crippen LogP contribution in [0, 0.1) is 0 Å². The van der Waals surface area contributed by atoms with Crippen molar-refractivity contribution in [2.45, 2.75) is 32.1 Å². The summed E-state index contributed by atoms with van der Waals surface area (Å²) < 4.78 is 5.56. The first-order chi connectivity index (χ1) is 14.9. The number of fused-ring (bicyclic) bond motifs is 3. The van der Waals surface area contributed by atoms with Crippen molar-refractivity contribution in [3.05, 3.63) is 101 Å². The molecule has 0 bridgehead atoms. The molecule has 1 aliphatic rings. The molecule has 0 fully saturated rings. The number of carbonyl (C=O) groups is 1. The molecule has 4 rings (SSSR count). The van der Waals surface area contributed by atoms with Crippen LogP contribution in [0.15, 0.2) is 78.9 Å². The van der Waals surface area contributed by atoms with E-state index in [9.17, 15) is 4.79 Å². The Labute approximate surface area is 184 Å². The third-order valence-corrected chi connectivity index (χ3v) is 5.79. The van der Waals surface area contributed by atoms with Crippen LogP contribution in [-0.4, -0.2) is 19.2 Å². The first-order valence-corrected chi connectivity index (χ1v) is 10.8. The van der Waals surface area contributed by atoms with Gasteiger partial charge >= 0.3 is 6.09 Å². The fourth-order valence-corrected chi connectivity index (χ4v) is 4.08. The van der Waals surface area contributed by atoms with Gasteiger partial charge in [0.2, 0.25) is 0 Å². The van der Waals surface area contributed by atoms with Crippen molar-refractivity contribution < 1.29 is 9.53 Å². The number of alkyl carbamates (subject to hydrolysis) is 1. The third-order valence-electron chi connectivity index (χ3n) is 5.79. The molecular formula is C28H29NO2. The van der Waals surface area contributed by atoms with Crippen molar-refractivity contribution >= 4 is 12.2 Å². The lowest BCUT2D eigenvalue weighted by Gasteiger charge is -2.18. The highest BCUT2D eigenvalue weighted by Gasteiger charge is 2.28. The summed E-state index contributed by atoms with van der Waals surface area (Å²) in [7, 11) is 0. The van der Waals surface area contributed by atoms with Gasteiger partial charge < -0.3 is 10.1 Å². The van der Waals surface area contributed by atoms with Gasteiger partial charge in [-0.1, -0.05) is 106 Å². The molecule has 1 aliphatic carbocycles. The maximum Gasteiger partial charge on any atom is 0.407 e. The Balaban J connectivity index is 1.30. The topological polar surface area (TPSA) is 38.3 Å². The highest BCUT2D eigenvalue weighted by molar-refractivity contribution is 5.79. The van der Waals surface area contributed by atoms with E-state index in [1.54, 1.807) is 0 Å². The average Bonchev–Trinajstić information content (AvgIpc) is 3.09. The quantitative estimate of drug-likeness (QED) is 0.518. The van der Waals surface area contributed by atoms with Crippen molar-refractivity contribution in [3.8, 4) is 11.1 Å². The molecule has 0 aromatic heterocycles. The lowest BCUT2D eigenvalue weighted by atomic mass is 9.87. The number of carbonyl (C=O) groups excluding carboxylic acids is 1. The molecule has 1 amide bonds. The number of hydrogen-bond acceptors (Lipinski definition) is 2. The summed E-state index contributed by atoms with van der Waals surface area (Å²) >= 11 is 0. The highest BCUT2D eigenvalue weighted by Crippen LogP contribution is 2.44. The summed E-state index contributed by atoms with van der Waals surface area (Å²) in [5.74, 6) is 0.0787. The van der Waals surface area contributed by atoms with Crippen LogP contribution in [0.5, 0.6) is 0 Å². The molecule has 0 atom stereocenters. The number of hydrogen-bond donors (Lipinski definition) is 1. The van der Waals surface area contributed by atoms with Crippen LogP contribution in [0.25, 0.3) is 17.2 Å². The van der Waals surface area contributed by atoms with Crippen LogP contribution in [0.3, 0.4) is 0 Å². The van der Waals surface area contributed by atoms with Crippen LogP contribution < -0.4 is 5.32 Å². The second-order valence-corrected chi connectivity index (χ2v) is 8.98. The summed E-state index contributed by atoms with van der Waals surface area (Å²) in [6.07, 6.45) is 3.55. The van der Waals surface area contributed by atoms with E-state index in [2.05, 4.69) is 86.8 Å². The predicted molar refractivity (Wildman–Crippen MR) is 127 cm³/mol. The smallest absolute Gasteiger partial charge is 0.407 e. The first kappa shape index (κ1) is 20.9. The molecule has 0 spiro atoms. The second-order valence-electron chi connectivity index (χ2n) is 8.98. The van der Waals surface area contributed by atoms with Crippen LogP contribution in [0.4, 0.5) is 4.79 Å². The Kier molecular flexibility index (Phi) is 5.94. The normalized spacial score (nSPS) is 13.1. The molecule has 158 valence electrons. The van der Waals surface area contributed by atoms with E-state index in [1.807, 2.05) is 24.3 Å². The van der Waals surface area contributed by atoms with E-state index < -0.39 is 6.09 Å². The summed E-state index contributed by atoms with van der Waals surface area (Å²) in [4.78, 5) is 12.2. The molecule has 1 N–H and O–H groups in total. The van der Waals surface area contributed by atoms with Gasteiger partial charge in [0, 0.05) is 12.5 Å². The number of amides is 1. The van der Waals surface area contributed by atoms with Crippen molar-refractivity contribution in [2.75, 3.05) is 13.2 Å². The zero-order chi connectivity index (χ0) is 21.8. The fourth-order valence-electron chi connectivity index (χ4n) is 4.08. The molecular weight excluding hydrogens is 382 g/mol. The molecule has 0 heterocycles. The molecule has 0 saturated carbocycles. The van der Waals surface area contributed by atoms with Crippen LogP contribution in [0.2, 0.25) is 0 Å². The molecule has 31 heavy (non-hydrogen) atoms. The molecule has 0 saturated heterocycles. The first-order valence-electron chi connectivity index (χ1n) is 10.8. The monoisotopic (exact) mass is 411 g/mol. The van der Waals surface area contributed by atoms with Crippen LogP contribution in [0.1, 0.15) is 48.9 Å². The lowest BCUT2D eigenvalue weighted by molar-refractivity contribution is 0.144. The maximum atomic E-state index is 12.2. The minimum absolute atomic E-state index is 0.0787. The highest BCUT2D eigenvalue weighted by atomic mass is 16.5. The minimum Gasteiger partial charge on any atom is -0.449 e. The van der Waals surface area contributed by atoms with E-state index in [0.29, 0.717) is 13.2 Å². The maximum absolute atomic E-state index is 12.2. The third kappa shape index (κ3) is 4.72. The second kappa shape index (κ2) is 8.81. The van der Waals surface area contributed by atoms with Gasteiger partial charge in [-0.25, -0.2) is 4.79 Å². The summed E-state index contributed by atoms with van der Waals surface area (Å²) in [6, 6.07) is 25.2. The molecule has 0 radical (unpaired) electrons. The zero-order valence-electron chi connectivity index (χ0n) is 18.4. The van der Waals surface area contributed by atoms with Gasteiger partial charge in [-0.2, -0.15) is 0 Å². The van der Waals surface area contributed by atoms with Gasteiger partial charge in [0.05, 0.1) is 0 Å². The van der Waals surface area contributed by atoms with E-state index >= 15 is 0 Å². The zero-order valence-corrected chi connectivity index (χ0v) is 18.4. The lowest BCUT2D eigenvalue weighted by Crippen LogP contribution is -2.26. The molecule has 0 unspecified atom stereocenters. The average molecular weight is 412 g/mol. The summed E-state index contributed by atoms with van der Waals surface area (Å²) in [5, 5.41) is 2.81. The Morgan fingerprint density at radius 1 is 0.903 bits per heavy atom. The van der Waals surface area contributed by atoms with Gasteiger partial charge in [-0.3, -0.25) is 0 Å². The van der Waals surface area contributed by atoms with Crippen molar-refractivity contribution in [1.82, 2.24) is 5.32 Å². The van der Waals surface area contributed by atoms with Crippen LogP contribution in [-0.2, 0) is 10.2 Å². The predicted octanol–water partition coefficient (Wildman–Crippen LogP) is 6.54. The van der Waals surface area contributed by atoms with Gasteiger partial charge in [0.25, 0.3) is 0 Å². The SMILES string of the molecule is CC(C)(C)c1ccc(C=CCNC(=O)OCC2c3ccccc3-c3ccccc32)cc1.